The fourth-order valence-corrected chi connectivity index (χ4v) is 8.16. The second kappa shape index (κ2) is 15.2. The van der Waals surface area contributed by atoms with Crippen LogP contribution in [0, 0.1) is 5.92 Å². The van der Waals surface area contributed by atoms with Gasteiger partial charge < -0.3 is 40.7 Å². The van der Waals surface area contributed by atoms with E-state index in [4.69, 9.17) is 25.4 Å². The maximum absolute atomic E-state index is 13.3. The number of pyridine rings is 1. The first-order valence-corrected chi connectivity index (χ1v) is 19.2. The average Bonchev–Trinajstić information content (AvgIpc) is 3.56. The van der Waals surface area contributed by atoms with Gasteiger partial charge in [0.15, 0.2) is 0 Å². The van der Waals surface area contributed by atoms with Gasteiger partial charge in [-0.1, -0.05) is 18.2 Å². The number of aromatic nitrogens is 5. The number of benzene rings is 3. The predicted octanol–water partition coefficient (Wildman–Crippen LogP) is 6.56. The number of aromatic amines is 2. The van der Waals surface area contributed by atoms with Crippen LogP contribution in [0.3, 0.4) is 0 Å². The molecule has 1 saturated carbocycles. The van der Waals surface area contributed by atoms with Crippen LogP contribution >= 0.6 is 0 Å². The lowest BCUT2D eigenvalue weighted by atomic mass is 9.92. The standard InChI is InChI=1S/C41H47N9O5/c1-22(43-40(52)54-2)39(51)50-19-5-7-34(50)38-46-31-14-11-24-20-25(10-12-27(24)35(31)49-38)29-15-13-28-30(44-29)16-17-32-36(28)48-37(45-32)26(6-4-18-42)21-33(23-8-9-23)47-41(53)55-3/h10-17,20,22-23,26,33-34,44H,4-9,18-19,21,42H2,1-3H3,(H,43,52)(H,46,49)(H,47,53)/t22-,26+,33+,34-/m0/s1. The molecule has 14 heteroatoms. The summed E-state index contributed by atoms with van der Waals surface area (Å²) in [7, 11) is 2.68. The highest BCUT2D eigenvalue weighted by Gasteiger charge is 2.36. The molecule has 3 aromatic heterocycles. The zero-order valence-electron chi connectivity index (χ0n) is 31.4. The molecule has 55 heavy (non-hydrogen) atoms. The van der Waals surface area contributed by atoms with Crippen LogP contribution in [-0.2, 0) is 14.3 Å². The summed E-state index contributed by atoms with van der Waals surface area (Å²) >= 11 is 0. The molecule has 3 aromatic carbocycles. The van der Waals surface area contributed by atoms with Crippen LogP contribution in [0.5, 0.6) is 0 Å². The van der Waals surface area contributed by atoms with E-state index in [2.05, 4.69) is 67.8 Å². The van der Waals surface area contributed by atoms with Crippen molar-refractivity contribution in [1.29, 1.82) is 0 Å². The number of likely N-dealkylation sites (tertiary alicyclic amines) is 1. The number of alkyl carbamates (subject to hydrolysis) is 2. The summed E-state index contributed by atoms with van der Waals surface area (Å²) in [6.45, 7) is 2.84. The quantitative estimate of drug-likeness (QED) is 0.0922. The SMILES string of the molecule is COC(=O)N[C@@H](C)C(=O)N1CCC[C@H]1c1nc2c(ccc3cc(-c4ccc5c(ccc6nc([C@H](CCCN)C[C@@H](NC(=O)OC)C7CC7)nc65)[nH]4)ccc32)[nH]1. The van der Waals surface area contributed by atoms with Crippen LogP contribution in [0.4, 0.5) is 9.59 Å². The molecule has 1 saturated heterocycles. The number of methoxy groups -OCH3 is 2. The van der Waals surface area contributed by atoms with Crippen molar-refractivity contribution in [2.45, 2.75) is 75.9 Å². The first-order valence-electron chi connectivity index (χ1n) is 19.2. The Morgan fingerprint density at radius 2 is 1.67 bits per heavy atom. The van der Waals surface area contributed by atoms with Gasteiger partial charge in [0.05, 0.1) is 36.8 Å². The topological polar surface area (TPSA) is 193 Å². The van der Waals surface area contributed by atoms with Crippen molar-refractivity contribution in [2.24, 2.45) is 11.7 Å². The van der Waals surface area contributed by atoms with Crippen molar-refractivity contribution in [3.8, 4) is 11.3 Å². The Labute approximate surface area is 317 Å². The molecule has 0 spiro atoms. The van der Waals surface area contributed by atoms with Crippen molar-refractivity contribution in [2.75, 3.05) is 27.3 Å². The van der Waals surface area contributed by atoms with Crippen LogP contribution in [0.15, 0.2) is 54.6 Å². The highest BCUT2D eigenvalue weighted by Crippen LogP contribution is 2.39. The zero-order valence-corrected chi connectivity index (χ0v) is 31.4. The number of hydrogen-bond acceptors (Lipinski definition) is 9. The highest BCUT2D eigenvalue weighted by molar-refractivity contribution is 6.06. The summed E-state index contributed by atoms with van der Waals surface area (Å²) in [5.41, 5.74) is 12.3. The number of imidazole rings is 2. The number of nitrogens with one attached hydrogen (secondary N) is 4. The fourth-order valence-electron chi connectivity index (χ4n) is 8.16. The van der Waals surface area contributed by atoms with Crippen LogP contribution < -0.4 is 16.4 Å². The van der Waals surface area contributed by atoms with E-state index in [-0.39, 0.29) is 23.9 Å². The van der Waals surface area contributed by atoms with E-state index in [1.54, 1.807) is 11.8 Å². The Kier molecular flexibility index (Phi) is 9.99. The number of carbonyl (C=O) groups is 3. The molecule has 8 rings (SSSR count). The molecule has 0 bridgehead atoms. The van der Waals surface area contributed by atoms with Crippen LogP contribution in [0.1, 0.15) is 75.5 Å². The molecule has 6 aromatic rings. The van der Waals surface area contributed by atoms with Crippen molar-refractivity contribution in [3.05, 3.63) is 66.2 Å². The third-order valence-corrected chi connectivity index (χ3v) is 11.2. The Balaban J connectivity index is 1.05. The van der Waals surface area contributed by atoms with Gasteiger partial charge in [0.2, 0.25) is 5.91 Å². The molecular weight excluding hydrogens is 699 g/mol. The van der Waals surface area contributed by atoms with E-state index in [0.717, 1.165) is 112 Å². The molecule has 286 valence electrons. The highest BCUT2D eigenvalue weighted by atomic mass is 16.5. The van der Waals surface area contributed by atoms with Crippen LogP contribution in [0.25, 0.3) is 55.0 Å². The fraction of sp³-hybridized carbons (Fsp3) is 0.415. The number of H-pyrrole nitrogens is 2. The number of rotatable bonds is 12. The summed E-state index contributed by atoms with van der Waals surface area (Å²) < 4.78 is 9.60. The van der Waals surface area contributed by atoms with Gasteiger partial charge in [-0.3, -0.25) is 4.79 Å². The van der Waals surface area contributed by atoms with E-state index in [1.165, 1.54) is 14.2 Å². The van der Waals surface area contributed by atoms with Gasteiger partial charge in [0, 0.05) is 40.5 Å². The molecule has 0 unspecified atom stereocenters. The van der Waals surface area contributed by atoms with E-state index >= 15 is 0 Å². The molecule has 1 aliphatic carbocycles. The van der Waals surface area contributed by atoms with Gasteiger partial charge in [-0.25, -0.2) is 24.5 Å². The number of carbonyl (C=O) groups excluding carboxylic acids is 3. The second-order valence-electron chi connectivity index (χ2n) is 14.9. The first kappa shape index (κ1) is 36.2. The lowest BCUT2D eigenvalue weighted by molar-refractivity contribution is -0.134. The third-order valence-electron chi connectivity index (χ3n) is 11.2. The van der Waals surface area contributed by atoms with Crippen molar-refractivity contribution in [1.82, 2.24) is 40.5 Å². The van der Waals surface area contributed by atoms with Crippen LogP contribution in [0.2, 0.25) is 0 Å². The maximum Gasteiger partial charge on any atom is 0.407 e. The van der Waals surface area contributed by atoms with Gasteiger partial charge in [-0.2, -0.15) is 0 Å². The Hall–Kier alpha value is -5.76. The molecule has 6 N–H and O–H groups in total. The van der Waals surface area contributed by atoms with E-state index in [0.29, 0.717) is 19.0 Å². The predicted molar refractivity (Wildman–Crippen MR) is 210 cm³/mol. The van der Waals surface area contributed by atoms with Gasteiger partial charge in [-0.15, -0.1) is 0 Å². The summed E-state index contributed by atoms with van der Waals surface area (Å²) in [5.74, 6) is 1.87. The minimum atomic E-state index is -0.712. The third kappa shape index (κ3) is 7.25. The monoisotopic (exact) mass is 745 g/mol. The number of nitrogens with two attached hydrogens (primary N) is 1. The van der Waals surface area contributed by atoms with Crippen molar-refractivity contribution >= 4 is 61.8 Å². The lowest BCUT2D eigenvalue weighted by Crippen LogP contribution is -2.46. The molecule has 2 fully saturated rings. The summed E-state index contributed by atoms with van der Waals surface area (Å²) in [4.78, 5) is 61.1. The van der Waals surface area contributed by atoms with E-state index in [9.17, 15) is 14.4 Å². The largest absolute Gasteiger partial charge is 0.453 e. The Bertz CT molecular complexity index is 2400. The molecular formula is C41H47N9O5. The lowest BCUT2D eigenvalue weighted by Gasteiger charge is -2.26. The van der Waals surface area contributed by atoms with Gasteiger partial charge in [0.25, 0.3) is 0 Å². The maximum atomic E-state index is 13.3. The molecule has 3 amide bonds. The normalized spacial score (nSPS) is 17.5. The van der Waals surface area contributed by atoms with Crippen molar-refractivity contribution < 1.29 is 23.9 Å². The smallest absolute Gasteiger partial charge is 0.407 e. The number of ether oxygens (including phenoxy) is 2. The molecule has 14 nitrogen and oxygen atoms in total. The molecule has 4 atom stereocenters. The minimum Gasteiger partial charge on any atom is -0.453 e. The first-order chi connectivity index (χ1) is 26.7. The molecule has 1 aliphatic heterocycles. The minimum absolute atomic E-state index is 0.0120. The van der Waals surface area contributed by atoms with Crippen molar-refractivity contribution in [3.63, 3.8) is 0 Å². The van der Waals surface area contributed by atoms with E-state index in [1.807, 2.05) is 12.1 Å². The van der Waals surface area contributed by atoms with Gasteiger partial charge in [0.1, 0.15) is 23.2 Å². The van der Waals surface area contributed by atoms with Gasteiger partial charge >= 0.3 is 12.2 Å². The molecule has 0 radical (unpaired) electrons. The number of fused-ring (bicyclic) bond motifs is 6. The number of nitrogens with zero attached hydrogens (tertiary/aromatic N) is 4. The summed E-state index contributed by atoms with van der Waals surface area (Å²) in [5, 5.41) is 8.68. The zero-order chi connectivity index (χ0) is 38.2. The average molecular weight is 746 g/mol. The molecule has 2 aliphatic rings. The molecule has 4 heterocycles. The second-order valence-corrected chi connectivity index (χ2v) is 14.9. The summed E-state index contributed by atoms with van der Waals surface area (Å²) in [6, 6.07) is 17.8. The van der Waals surface area contributed by atoms with Crippen LogP contribution in [-0.4, -0.2) is 87.3 Å². The number of amides is 3. The Morgan fingerprint density at radius 1 is 0.891 bits per heavy atom. The summed E-state index contributed by atoms with van der Waals surface area (Å²) in [6.07, 6.45) is 5.21. The van der Waals surface area contributed by atoms with Gasteiger partial charge in [-0.05, 0) is 112 Å². The van der Waals surface area contributed by atoms with E-state index < -0.39 is 18.2 Å². The number of hydrogen-bond donors (Lipinski definition) is 5. The Morgan fingerprint density at radius 3 is 2.45 bits per heavy atom.